The Morgan fingerprint density at radius 3 is 2.38 bits per heavy atom. The first-order valence-corrected chi connectivity index (χ1v) is 14.7. The molecular weight excluding hydrogens is 524 g/mol. The summed E-state index contributed by atoms with van der Waals surface area (Å²) in [6.07, 6.45) is -2.11. The van der Waals surface area contributed by atoms with Crippen LogP contribution in [-0.2, 0) is 25.9 Å². The van der Waals surface area contributed by atoms with Gasteiger partial charge >= 0.3 is 6.09 Å². The second-order valence-electron chi connectivity index (χ2n) is 10.5. The van der Waals surface area contributed by atoms with Gasteiger partial charge in [-0.2, -0.15) is 4.31 Å². The maximum absolute atomic E-state index is 13.7. The highest BCUT2D eigenvalue weighted by molar-refractivity contribution is 7.89. The van der Waals surface area contributed by atoms with E-state index in [4.69, 9.17) is 14.2 Å². The lowest BCUT2D eigenvalue weighted by atomic mass is 9.93. The van der Waals surface area contributed by atoms with Gasteiger partial charge in [0, 0.05) is 19.0 Å². The van der Waals surface area contributed by atoms with Crippen LogP contribution in [0.2, 0.25) is 0 Å². The fraction of sp³-hybridized carbons (Fsp3) is 0.536. The Morgan fingerprint density at radius 1 is 1.08 bits per heavy atom. The number of hydrogen-bond donors (Lipinski definition) is 2. The largest absolute Gasteiger partial charge is 0.497 e. The molecule has 0 bridgehead atoms. The van der Waals surface area contributed by atoms with Crippen LogP contribution in [0.15, 0.2) is 59.5 Å². The molecule has 4 rings (SSSR count). The first kappa shape index (κ1) is 29.3. The second kappa shape index (κ2) is 12.6. The minimum Gasteiger partial charge on any atom is -0.497 e. The molecule has 2 N–H and O–H groups in total. The first-order valence-electron chi connectivity index (χ1n) is 13.2. The zero-order valence-electron chi connectivity index (χ0n) is 22.5. The number of fused-ring (bicyclic) bond motifs is 1. The zero-order valence-corrected chi connectivity index (χ0v) is 23.4. The molecule has 0 unspecified atom stereocenters. The highest BCUT2D eigenvalue weighted by Gasteiger charge is 2.49. The third-order valence-electron chi connectivity index (χ3n) is 7.33. The summed E-state index contributed by atoms with van der Waals surface area (Å²) in [4.78, 5) is 14.1. The number of benzene rings is 2. The first-order chi connectivity index (χ1) is 18.6. The lowest BCUT2D eigenvalue weighted by Gasteiger charge is -2.39. The number of methoxy groups -OCH3 is 1. The second-order valence-corrected chi connectivity index (χ2v) is 12.4. The molecule has 2 fully saturated rings. The molecule has 0 saturated carbocycles. The van der Waals surface area contributed by atoms with Crippen molar-refractivity contribution in [2.45, 2.75) is 56.1 Å². The maximum Gasteiger partial charge on any atom is 0.407 e. The van der Waals surface area contributed by atoms with Gasteiger partial charge in [0.05, 0.1) is 43.4 Å². The summed E-state index contributed by atoms with van der Waals surface area (Å²) in [5, 5.41) is 22.1. The fourth-order valence-corrected chi connectivity index (χ4v) is 7.06. The highest BCUT2D eigenvalue weighted by Crippen LogP contribution is 2.36. The van der Waals surface area contributed by atoms with E-state index in [1.54, 1.807) is 12.1 Å². The van der Waals surface area contributed by atoms with E-state index in [1.165, 1.54) is 28.4 Å². The molecule has 2 aromatic carbocycles. The summed E-state index contributed by atoms with van der Waals surface area (Å²) < 4.78 is 45.2. The normalized spacial score (nSPS) is 22.6. The fourth-order valence-electron chi connectivity index (χ4n) is 5.44. The van der Waals surface area contributed by atoms with Crippen molar-refractivity contribution in [1.82, 2.24) is 9.21 Å². The molecule has 0 radical (unpaired) electrons. The summed E-state index contributed by atoms with van der Waals surface area (Å²) >= 11 is 0. The molecule has 2 aliphatic rings. The van der Waals surface area contributed by atoms with Crippen LogP contribution < -0.4 is 4.74 Å². The SMILES string of the molecule is COc1ccc(S(=O)(=O)N(CC(C)C)C[C@H](O)[C@H](Cc2ccccc2)N(C(=O)O)[C@H]2CO[C@H]3OCC[C@H]32)cc1. The molecule has 2 heterocycles. The van der Waals surface area contributed by atoms with Gasteiger partial charge < -0.3 is 24.4 Å². The van der Waals surface area contributed by atoms with Gasteiger partial charge in [-0.05, 0) is 48.6 Å². The smallest absolute Gasteiger partial charge is 0.407 e. The number of ether oxygens (including phenoxy) is 3. The summed E-state index contributed by atoms with van der Waals surface area (Å²) in [5.74, 6) is 0.340. The third-order valence-corrected chi connectivity index (χ3v) is 9.18. The average molecular weight is 563 g/mol. The van der Waals surface area contributed by atoms with E-state index in [1.807, 2.05) is 44.2 Å². The number of amides is 1. The van der Waals surface area contributed by atoms with E-state index in [0.717, 1.165) is 5.56 Å². The standard InChI is InChI=1S/C28H38N2O8S/c1-19(2)16-29(39(34,35)22-11-9-21(36-3)10-12-22)17-26(31)24(15-20-7-5-4-6-8-20)30(28(32)33)25-18-38-27-23(25)13-14-37-27/h4-12,19,23-27,31H,13-18H2,1-3H3,(H,32,33)/t23-,24-,25-,26-,27+/m0/s1. The maximum atomic E-state index is 13.7. The van der Waals surface area contributed by atoms with Crippen LogP contribution in [0.3, 0.4) is 0 Å². The van der Waals surface area contributed by atoms with Crippen LogP contribution in [-0.4, -0.2) is 91.8 Å². The van der Waals surface area contributed by atoms with E-state index in [2.05, 4.69) is 0 Å². The van der Waals surface area contributed by atoms with Crippen molar-refractivity contribution in [3.8, 4) is 5.75 Å². The van der Waals surface area contributed by atoms with Crippen molar-refractivity contribution in [3.63, 3.8) is 0 Å². The van der Waals surface area contributed by atoms with Crippen LogP contribution in [0.25, 0.3) is 0 Å². The summed E-state index contributed by atoms with van der Waals surface area (Å²) in [5.41, 5.74) is 0.833. The van der Waals surface area contributed by atoms with Crippen LogP contribution >= 0.6 is 0 Å². The van der Waals surface area contributed by atoms with Gasteiger partial charge in [-0.3, -0.25) is 4.90 Å². The van der Waals surface area contributed by atoms with Crippen molar-refractivity contribution in [2.24, 2.45) is 11.8 Å². The highest BCUT2D eigenvalue weighted by atomic mass is 32.2. The van der Waals surface area contributed by atoms with Gasteiger partial charge in [0.1, 0.15) is 5.75 Å². The molecule has 0 aliphatic carbocycles. The number of hydrogen-bond acceptors (Lipinski definition) is 7. The Labute approximate surface area is 230 Å². The lowest BCUT2D eigenvalue weighted by molar-refractivity contribution is -0.0906. The number of rotatable bonds is 12. The molecule has 10 nitrogen and oxygen atoms in total. The van der Waals surface area contributed by atoms with Gasteiger partial charge in [-0.1, -0.05) is 44.2 Å². The molecule has 2 aromatic rings. The third kappa shape index (κ3) is 6.72. The van der Waals surface area contributed by atoms with Crippen molar-refractivity contribution in [2.75, 3.05) is 33.4 Å². The van der Waals surface area contributed by atoms with Crippen LogP contribution in [0.5, 0.6) is 5.75 Å². The molecular formula is C28H38N2O8S. The minimum absolute atomic E-state index is 0.0343. The van der Waals surface area contributed by atoms with Crippen LogP contribution in [0.4, 0.5) is 4.79 Å². The number of carbonyl (C=O) groups is 1. The van der Waals surface area contributed by atoms with Crippen molar-refractivity contribution < 1.29 is 37.6 Å². The van der Waals surface area contributed by atoms with Gasteiger partial charge in [0.2, 0.25) is 10.0 Å². The molecule has 214 valence electrons. The Bertz CT molecular complexity index is 1190. The summed E-state index contributed by atoms with van der Waals surface area (Å²) in [6.45, 7) is 4.30. The summed E-state index contributed by atoms with van der Waals surface area (Å²) in [6, 6.07) is 13.9. The van der Waals surface area contributed by atoms with E-state index < -0.39 is 40.6 Å². The van der Waals surface area contributed by atoms with E-state index in [0.29, 0.717) is 18.8 Å². The van der Waals surface area contributed by atoms with Crippen molar-refractivity contribution in [3.05, 3.63) is 60.2 Å². The Kier molecular flexibility index (Phi) is 9.50. The summed E-state index contributed by atoms with van der Waals surface area (Å²) in [7, 11) is -2.49. The molecule has 11 heteroatoms. The predicted octanol–water partition coefficient (Wildman–Crippen LogP) is 3.06. The number of nitrogens with zero attached hydrogens (tertiary/aromatic N) is 2. The van der Waals surface area contributed by atoms with Gasteiger partial charge in [-0.15, -0.1) is 0 Å². The topological polar surface area (TPSA) is 126 Å². The molecule has 2 saturated heterocycles. The number of sulfonamides is 1. The molecule has 5 atom stereocenters. The zero-order chi connectivity index (χ0) is 28.2. The molecule has 0 aromatic heterocycles. The molecule has 39 heavy (non-hydrogen) atoms. The van der Waals surface area contributed by atoms with Crippen molar-refractivity contribution >= 4 is 16.1 Å². The number of carboxylic acid groups (broad SMARTS) is 1. The Hall–Kier alpha value is -2.70. The van der Waals surface area contributed by atoms with Crippen LogP contribution in [0, 0.1) is 11.8 Å². The van der Waals surface area contributed by atoms with Gasteiger partial charge in [0.25, 0.3) is 0 Å². The minimum atomic E-state index is -3.99. The lowest BCUT2D eigenvalue weighted by Crippen LogP contribution is -2.57. The van der Waals surface area contributed by atoms with Crippen molar-refractivity contribution in [1.29, 1.82) is 0 Å². The molecule has 0 spiro atoms. The van der Waals surface area contributed by atoms with Crippen LogP contribution in [0.1, 0.15) is 25.8 Å². The van der Waals surface area contributed by atoms with Gasteiger partial charge in [0.15, 0.2) is 6.29 Å². The average Bonchev–Trinajstić information content (AvgIpc) is 3.53. The Morgan fingerprint density at radius 2 is 1.77 bits per heavy atom. The number of aliphatic hydroxyl groups excluding tert-OH is 1. The van der Waals surface area contributed by atoms with E-state index in [9.17, 15) is 23.4 Å². The Balaban J connectivity index is 1.66. The quantitative estimate of drug-likeness (QED) is 0.404. The molecule has 2 aliphatic heterocycles. The van der Waals surface area contributed by atoms with E-state index >= 15 is 0 Å². The predicted molar refractivity (Wildman–Crippen MR) is 144 cm³/mol. The molecule has 1 amide bonds. The van der Waals surface area contributed by atoms with E-state index in [-0.39, 0.29) is 42.8 Å². The number of aliphatic hydroxyl groups is 1. The monoisotopic (exact) mass is 562 g/mol. The van der Waals surface area contributed by atoms with Gasteiger partial charge in [-0.25, -0.2) is 13.2 Å².